The zero-order chi connectivity index (χ0) is 16.7. The largest absolute Gasteiger partial charge is 0.449 e. The fraction of sp³-hybridized carbons (Fsp3) is 0.500. The van der Waals surface area contributed by atoms with Gasteiger partial charge in [0, 0.05) is 56.3 Å². The highest BCUT2D eigenvalue weighted by Gasteiger charge is 2.33. The Hall–Kier alpha value is -1.27. The molecule has 2 aromatic rings. The summed E-state index contributed by atoms with van der Waals surface area (Å²) in [5, 5.41) is 4.85. The van der Waals surface area contributed by atoms with Crippen LogP contribution in [0.15, 0.2) is 22.6 Å². The summed E-state index contributed by atoms with van der Waals surface area (Å²) in [6, 6.07) is 6.09. The van der Waals surface area contributed by atoms with Crippen LogP contribution in [-0.2, 0) is 0 Å². The molecule has 4 rings (SSSR count). The van der Waals surface area contributed by atoms with Gasteiger partial charge in [-0.15, -0.1) is 12.4 Å². The molecule has 7 heteroatoms. The molecule has 1 atom stereocenters. The Kier molecular flexibility index (Phi) is 5.58. The topological polar surface area (TPSA) is 48.7 Å². The van der Waals surface area contributed by atoms with E-state index in [1.54, 1.807) is 6.07 Å². The minimum atomic E-state index is -0.0163. The van der Waals surface area contributed by atoms with E-state index in [0.717, 1.165) is 56.6 Å². The first-order chi connectivity index (χ1) is 11.6. The van der Waals surface area contributed by atoms with Crippen LogP contribution >= 0.6 is 24.0 Å². The summed E-state index contributed by atoms with van der Waals surface area (Å²) < 4.78 is 5.84. The Morgan fingerprint density at radius 1 is 1.28 bits per heavy atom. The van der Waals surface area contributed by atoms with E-state index in [0.29, 0.717) is 22.4 Å². The Balaban J connectivity index is 0.00000182. The minimum Gasteiger partial charge on any atom is -0.449 e. The van der Waals surface area contributed by atoms with E-state index in [-0.39, 0.29) is 18.3 Å². The lowest BCUT2D eigenvalue weighted by Gasteiger charge is -2.32. The molecule has 2 fully saturated rings. The number of rotatable bonds is 2. The van der Waals surface area contributed by atoms with Crippen molar-refractivity contribution in [3.63, 3.8) is 0 Å². The Morgan fingerprint density at radius 2 is 2.04 bits per heavy atom. The summed E-state index contributed by atoms with van der Waals surface area (Å²) in [7, 11) is 0. The highest BCUT2D eigenvalue weighted by molar-refractivity contribution is 6.35. The van der Waals surface area contributed by atoms with Crippen molar-refractivity contribution in [2.24, 2.45) is 0 Å². The van der Waals surface area contributed by atoms with Crippen molar-refractivity contribution in [1.29, 1.82) is 0 Å². The highest BCUT2D eigenvalue weighted by atomic mass is 35.5. The standard InChI is InChI=1S/C18H22ClN3O2.ClH/c1-12-14-3-2-4-15(19)17(14)24-16(12)18(23)22-8-5-13(11-22)21-9-6-20-7-10-21;/h2-4,13,20H,5-11H2,1H3;1H. The SMILES string of the molecule is Cc1c(C(=O)N2CCC(N3CCNCC3)C2)oc2c(Cl)cccc12.Cl. The van der Waals surface area contributed by atoms with Crippen LogP contribution in [0, 0.1) is 6.92 Å². The maximum absolute atomic E-state index is 12.9. The van der Waals surface area contributed by atoms with Crippen LogP contribution in [0.3, 0.4) is 0 Å². The van der Waals surface area contributed by atoms with Crippen LogP contribution in [0.5, 0.6) is 0 Å². The normalized spacial score (nSPS) is 21.5. The summed E-state index contributed by atoms with van der Waals surface area (Å²) in [6.07, 6.45) is 1.03. The van der Waals surface area contributed by atoms with Crippen molar-refractivity contribution in [1.82, 2.24) is 15.1 Å². The van der Waals surface area contributed by atoms with Gasteiger partial charge in [-0.1, -0.05) is 23.7 Å². The molecule has 1 unspecified atom stereocenters. The molecule has 1 aromatic carbocycles. The van der Waals surface area contributed by atoms with E-state index in [9.17, 15) is 4.79 Å². The number of aryl methyl sites for hydroxylation is 1. The van der Waals surface area contributed by atoms with E-state index in [2.05, 4.69) is 10.2 Å². The Bertz CT molecular complexity index is 771. The lowest BCUT2D eigenvalue weighted by Crippen LogP contribution is -2.49. The molecule has 0 radical (unpaired) electrons. The first-order valence-corrected chi connectivity index (χ1v) is 8.94. The number of carbonyl (C=O) groups is 1. The average molecular weight is 384 g/mol. The zero-order valence-electron chi connectivity index (χ0n) is 14.3. The molecule has 5 nitrogen and oxygen atoms in total. The number of carbonyl (C=O) groups excluding carboxylic acids is 1. The third-order valence-corrected chi connectivity index (χ3v) is 5.53. The number of hydrogen-bond acceptors (Lipinski definition) is 4. The molecular formula is C18H23Cl2N3O2. The van der Waals surface area contributed by atoms with Crippen LogP contribution in [0.4, 0.5) is 0 Å². The van der Waals surface area contributed by atoms with Gasteiger partial charge >= 0.3 is 0 Å². The summed E-state index contributed by atoms with van der Waals surface area (Å²) in [4.78, 5) is 17.3. The van der Waals surface area contributed by atoms with Crippen molar-refractivity contribution in [3.05, 3.63) is 34.5 Å². The fourth-order valence-electron chi connectivity index (χ4n) is 3.83. The number of para-hydroxylation sites is 1. The van der Waals surface area contributed by atoms with Gasteiger partial charge < -0.3 is 14.6 Å². The Labute approximate surface area is 158 Å². The van der Waals surface area contributed by atoms with Gasteiger partial charge in [-0.2, -0.15) is 0 Å². The van der Waals surface area contributed by atoms with E-state index in [1.165, 1.54) is 0 Å². The van der Waals surface area contributed by atoms with Gasteiger partial charge in [0.1, 0.15) is 0 Å². The molecule has 2 aliphatic rings. The maximum Gasteiger partial charge on any atom is 0.289 e. The first kappa shape index (κ1) is 18.5. The first-order valence-electron chi connectivity index (χ1n) is 8.57. The van der Waals surface area contributed by atoms with Crippen molar-refractivity contribution in [3.8, 4) is 0 Å². The predicted molar refractivity (Wildman–Crippen MR) is 102 cm³/mol. The van der Waals surface area contributed by atoms with Crippen LogP contribution in [0.25, 0.3) is 11.0 Å². The quantitative estimate of drug-likeness (QED) is 0.865. The van der Waals surface area contributed by atoms with Gasteiger partial charge in [-0.25, -0.2) is 0 Å². The number of benzene rings is 1. The number of piperazine rings is 1. The summed E-state index contributed by atoms with van der Waals surface area (Å²) in [6.45, 7) is 7.69. The number of amides is 1. The zero-order valence-corrected chi connectivity index (χ0v) is 15.8. The van der Waals surface area contributed by atoms with Crippen LogP contribution in [-0.4, -0.2) is 61.0 Å². The molecule has 136 valence electrons. The number of likely N-dealkylation sites (tertiary alicyclic amines) is 1. The number of halogens is 2. The van der Waals surface area contributed by atoms with Gasteiger partial charge in [0.25, 0.3) is 5.91 Å². The second kappa shape index (κ2) is 7.54. The van der Waals surface area contributed by atoms with Gasteiger partial charge in [-0.05, 0) is 19.4 Å². The van der Waals surface area contributed by atoms with E-state index in [1.807, 2.05) is 24.0 Å². The van der Waals surface area contributed by atoms with Crippen LogP contribution in [0.1, 0.15) is 22.5 Å². The molecule has 0 aliphatic carbocycles. The molecule has 2 aliphatic heterocycles. The molecule has 3 heterocycles. The Morgan fingerprint density at radius 3 is 2.76 bits per heavy atom. The third kappa shape index (κ3) is 3.38. The monoisotopic (exact) mass is 383 g/mol. The molecule has 2 saturated heterocycles. The van der Waals surface area contributed by atoms with Crippen molar-refractivity contribution >= 4 is 40.9 Å². The number of fused-ring (bicyclic) bond motifs is 1. The van der Waals surface area contributed by atoms with Crippen molar-refractivity contribution in [2.45, 2.75) is 19.4 Å². The molecule has 0 bridgehead atoms. The van der Waals surface area contributed by atoms with Gasteiger partial charge in [0.15, 0.2) is 11.3 Å². The molecule has 0 spiro atoms. The van der Waals surface area contributed by atoms with Gasteiger partial charge in [0.05, 0.1) is 5.02 Å². The fourth-order valence-corrected chi connectivity index (χ4v) is 4.04. The second-order valence-electron chi connectivity index (χ2n) is 6.65. The molecule has 1 N–H and O–H groups in total. The maximum atomic E-state index is 12.9. The highest BCUT2D eigenvalue weighted by Crippen LogP contribution is 2.32. The molecule has 1 amide bonds. The van der Waals surface area contributed by atoms with Crippen molar-refractivity contribution in [2.75, 3.05) is 39.3 Å². The van der Waals surface area contributed by atoms with Gasteiger partial charge in [-0.3, -0.25) is 9.69 Å². The smallest absolute Gasteiger partial charge is 0.289 e. The van der Waals surface area contributed by atoms with E-state index >= 15 is 0 Å². The second-order valence-corrected chi connectivity index (χ2v) is 7.06. The predicted octanol–water partition coefficient (Wildman–Crippen LogP) is 2.94. The summed E-state index contributed by atoms with van der Waals surface area (Å²) in [5.74, 6) is 0.413. The van der Waals surface area contributed by atoms with E-state index in [4.69, 9.17) is 16.0 Å². The molecule has 1 aromatic heterocycles. The lowest BCUT2D eigenvalue weighted by atomic mass is 10.1. The third-order valence-electron chi connectivity index (χ3n) is 5.23. The number of furan rings is 1. The summed E-state index contributed by atoms with van der Waals surface area (Å²) in [5.41, 5.74) is 1.49. The van der Waals surface area contributed by atoms with E-state index < -0.39 is 0 Å². The van der Waals surface area contributed by atoms with Crippen LogP contribution in [0.2, 0.25) is 5.02 Å². The lowest BCUT2D eigenvalue weighted by molar-refractivity contribution is 0.0743. The summed E-state index contributed by atoms with van der Waals surface area (Å²) >= 11 is 6.20. The molecule has 25 heavy (non-hydrogen) atoms. The average Bonchev–Trinajstić information content (AvgIpc) is 3.22. The minimum absolute atomic E-state index is 0. The van der Waals surface area contributed by atoms with Crippen molar-refractivity contribution < 1.29 is 9.21 Å². The molecular weight excluding hydrogens is 361 g/mol. The number of nitrogens with one attached hydrogen (secondary N) is 1. The van der Waals surface area contributed by atoms with Crippen LogP contribution < -0.4 is 5.32 Å². The molecule has 0 saturated carbocycles. The number of nitrogens with zero attached hydrogens (tertiary/aromatic N) is 2. The van der Waals surface area contributed by atoms with Gasteiger partial charge in [0.2, 0.25) is 0 Å². The number of hydrogen-bond donors (Lipinski definition) is 1.